The van der Waals surface area contributed by atoms with Crippen LogP contribution < -0.4 is 5.32 Å². The summed E-state index contributed by atoms with van der Waals surface area (Å²) < 4.78 is 5.03. The van der Waals surface area contributed by atoms with Gasteiger partial charge >= 0.3 is 0 Å². The smallest absolute Gasteiger partial charge is 0.263 e. The first-order chi connectivity index (χ1) is 13.6. The molecule has 1 aliphatic rings. The molecule has 1 fully saturated rings. The first-order valence-electron chi connectivity index (χ1n) is 9.67. The molecule has 2 amide bonds. The van der Waals surface area contributed by atoms with Crippen molar-refractivity contribution in [3.05, 3.63) is 51.5 Å². The van der Waals surface area contributed by atoms with E-state index in [1.165, 1.54) is 11.3 Å². The van der Waals surface area contributed by atoms with Crippen LogP contribution in [0.4, 0.5) is 0 Å². The number of aromatic nitrogens is 1. The molecule has 0 atom stereocenters. The lowest BCUT2D eigenvalue weighted by Crippen LogP contribution is -2.38. The molecular formula is C21H27N3O3S. The molecule has 0 bridgehead atoms. The molecule has 0 unspecified atom stereocenters. The lowest BCUT2D eigenvalue weighted by Gasteiger charge is -2.32. The molecule has 0 saturated carbocycles. The molecule has 0 aliphatic carbocycles. The highest BCUT2D eigenvalue weighted by molar-refractivity contribution is 7.12. The van der Waals surface area contributed by atoms with Gasteiger partial charge in [0.1, 0.15) is 0 Å². The highest BCUT2D eigenvalue weighted by Gasteiger charge is 2.28. The quantitative estimate of drug-likeness (QED) is 0.723. The molecule has 7 heteroatoms. The lowest BCUT2D eigenvalue weighted by molar-refractivity contribution is 0.0715. The summed E-state index contributed by atoms with van der Waals surface area (Å²) in [4.78, 5) is 32.6. The van der Waals surface area contributed by atoms with Gasteiger partial charge in [-0.1, -0.05) is 6.07 Å². The molecule has 3 heterocycles. The number of carbonyl (C=O) groups excluding carboxylic acids is 2. The summed E-state index contributed by atoms with van der Waals surface area (Å²) in [5, 5.41) is 4.88. The van der Waals surface area contributed by atoms with E-state index < -0.39 is 0 Å². The second kappa shape index (κ2) is 9.80. The number of rotatable bonds is 7. The molecule has 1 saturated heterocycles. The predicted octanol–water partition coefficient (Wildman–Crippen LogP) is 3.24. The highest BCUT2D eigenvalue weighted by Crippen LogP contribution is 2.30. The number of aryl methyl sites for hydroxylation is 1. The lowest BCUT2D eigenvalue weighted by atomic mass is 9.89. The summed E-state index contributed by atoms with van der Waals surface area (Å²) >= 11 is 1.48. The van der Waals surface area contributed by atoms with E-state index in [1.807, 2.05) is 41.5 Å². The normalized spacial score (nSPS) is 14.9. The van der Waals surface area contributed by atoms with Crippen LogP contribution in [-0.2, 0) is 4.74 Å². The summed E-state index contributed by atoms with van der Waals surface area (Å²) in [6.45, 7) is 4.51. The molecule has 2 aromatic rings. The van der Waals surface area contributed by atoms with Gasteiger partial charge in [0.05, 0.1) is 16.1 Å². The van der Waals surface area contributed by atoms with Gasteiger partial charge in [0.25, 0.3) is 11.8 Å². The summed E-state index contributed by atoms with van der Waals surface area (Å²) in [6, 6.07) is 7.52. The molecule has 3 rings (SSSR count). The fraction of sp³-hybridized carbons (Fsp3) is 0.476. The van der Waals surface area contributed by atoms with E-state index in [0.29, 0.717) is 31.8 Å². The summed E-state index contributed by atoms with van der Waals surface area (Å²) in [7, 11) is 1.65. The standard InChI is InChI=1S/C21H27N3O3S/c1-15-6-7-17(20(25)22-10-4-13-27-2)19(23-15)16-8-11-24(12-9-16)21(26)18-5-3-14-28-18/h3,5-7,14,16H,4,8-13H2,1-2H3,(H,22,25). The zero-order chi connectivity index (χ0) is 19.9. The number of nitrogens with one attached hydrogen (secondary N) is 1. The number of hydrogen-bond donors (Lipinski definition) is 1. The van der Waals surface area contributed by atoms with E-state index in [-0.39, 0.29) is 17.7 Å². The van der Waals surface area contributed by atoms with Gasteiger partial charge in [-0.25, -0.2) is 0 Å². The molecule has 2 aromatic heterocycles. The Morgan fingerprint density at radius 2 is 2.07 bits per heavy atom. The molecule has 1 aliphatic heterocycles. The Hall–Kier alpha value is -2.25. The maximum atomic E-state index is 12.7. The predicted molar refractivity (Wildman–Crippen MR) is 110 cm³/mol. The molecule has 0 spiro atoms. The van der Waals surface area contributed by atoms with E-state index in [1.54, 1.807) is 7.11 Å². The number of thiophene rings is 1. The first kappa shape index (κ1) is 20.5. The minimum absolute atomic E-state index is 0.0873. The Balaban J connectivity index is 1.66. The number of piperidine rings is 1. The van der Waals surface area contributed by atoms with E-state index >= 15 is 0 Å². The van der Waals surface area contributed by atoms with Crippen LogP contribution in [0.25, 0.3) is 0 Å². The number of amides is 2. The fourth-order valence-corrected chi connectivity index (χ4v) is 4.20. The maximum Gasteiger partial charge on any atom is 0.263 e. The minimum atomic E-state index is -0.0873. The van der Waals surface area contributed by atoms with Crippen LogP contribution in [0, 0.1) is 6.92 Å². The number of ether oxygens (including phenoxy) is 1. The molecule has 0 aromatic carbocycles. The van der Waals surface area contributed by atoms with Crippen molar-refractivity contribution in [3.63, 3.8) is 0 Å². The average Bonchev–Trinajstić information content (AvgIpc) is 3.25. The number of carbonyl (C=O) groups is 2. The van der Waals surface area contributed by atoms with Gasteiger partial charge in [0.15, 0.2) is 0 Å². The largest absolute Gasteiger partial charge is 0.385 e. The van der Waals surface area contributed by atoms with Crippen molar-refractivity contribution in [2.24, 2.45) is 0 Å². The zero-order valence-electron chi connectivity index (χ0n) is 16.4. The Kier molecular flexibility index (Phi) is 7.17. The van der Waals surface area contributed by atoms with Crippen molar-refractivity contribution in [2.75, 3.05) is 33.4 Å². The topological polar surface area (TPSA) is 71.5 Å². The van der Waals surface area contributed by atoms with Crippen LogP contribution >= 0.6 is 11.3 Å². The number of hydrogen-bond acceptors (Lipinski definition) is 5. The van der Waals surface area contributed by atoms with Crippen LogP contribution in [0.15, 0.2) is 29.6 Å². The van der Waals surface area contributed by atoms with Gasteiger partial charge < -0.3 is 15.0 Å². The van der Waals surface area contributed by atoms with Crippen molar-refractivity contribution in [1.82, 2.24) is 15.2 Å². The molecule has 28 heavy (non-hydrogen) atoms. The van der Waals surface area contributed by atoms with Crippen LogP contribution in [0.3, 0.4) is 0 Å². The van der Waals surface area contributed by atoms with Crippen molar-refractivity contribution >= 4 is 23.2 Å². The number of pyridine rings is 1. The Morgan fingerprint density at radius 1 is 1.29 bits per heavy atom. The van der Waals surface area contributed by atoms with Crippen molar-refractivity contribution < 1.29 is 14.3 Å². The molecule has 150 valence electrons. The Labute approximate surface area is 169 Å². The Bertz CT molecular complexity index is 799. The van der Waals surface area contributed by atoms with Crippen LogP contribution in [0.2, 0.25) is 0 Å². The molecule has 6 nitrogen and oxygen atoms in total. The molecule has 0 radical (unpaired) electrons. The highest BCUT2D eigenvalue weighted by atomic mass is 32.1. The number of likely N-dealkylation sites (tertiary alicyclic amines) is 1. The average molecular weight is 402 g/mol. The van der Waals surface area contributed by atoms with Gasteiger partial charge in [0, 0.05) is 45.0 Å². The van der Waals surface area contributed by atoms with Gasteiger partial charge in [0.2, 0.25) is 0 Å². The summed E-state index contributed by atoms with van der Waals surface area (Å²) in [5.41, 5.74) is 2.40. The van der Waals surface area contributed by atoms with Crippen molar-refractivity contribution in [3.8, 4) is 0 Å². The van der Waals surface area contributed by atoms with E-state index in [2.05, 4.69) is 5.32 Å². The SMILES string of the molecule is COCCCNC(=O)c1ccc(C)nc1C1CCN(C(=O)c2cccs2)CC1. The fourth-order valence-electron chi connectivity index (χ4n) is 3.51. The minimum Gasteiger partial charge on any atom is -0.385 e. The molecular weight excluding hydrogens is 374 g/mol. The van der Waals surface area contributed by atoms with Gasteiger partial charge in [-0.3, -0.25) is 14.6 Å². The van der Waals surface area contributed by atoms with Crippen molar-refractivity contribution in [2.45, 2.75) is 32.1 Å². The van der Waals surface area contributed by atoms with Gasteiger partial charge in [-0.15, -0.1) is 11.3 Å². The third-order valence-corrected chi connectivity index (χ3v) is 5.88. The maximum absolute atomic E-state index is 12.7. The zero-order valence-corrected chi connectivity index (χ0v) is 17.3. The third kappa shape index (κ3) is 4.97. The summed E-state index contributed by atoms with van der Waals surface area (Å²) in [5.74, 6) is 0.199. The van der Waals surface area contributed by atoms with E-state index in [4.69, 9.17) is 9.72 Å². The first-order valence-corrected chi connectivity index (χ1v) is 10.6. The number of methoxy groups -OCH3 is 1. The van der Waals surface area contributed by atoms with Crippen LogP contribution in [0.1, 0.15) is 56.6 Å². The van der Waals surface area contributed by atoms with Gasteiger partial charge in [-0.05, 0) is 49.8 Å². The van der Waals surface area contributed by atoms with Gasteiger partial charge in [-0.2, -0.15) is 0 Å². The van der Waals surface area contributed by atoms with Crippen LogP contribution in [0.5, 0.6) is 0 Å². The monoisotopic (exact) mass is 401 g/mol. The summed E-state index contributed by atoms with van der Waals surface area (Å²) in [6.07, 6.45) is 2.41. The third-order valence-electron chi connectivity index (χ3n) is 5.02. The Morgan fingerprint density at radius 3 is 2.75 bits per heavy atom. The second-order valence-electron chi connectivity index (χ2n) is 7.03. The van der Waals surface area contributed by atoms with Crippen molar-refractivity contribution in [1.29, 1.82) is 0 Å². The second-order valence-corrected chi connectivity index (χ2v) is 7.98. The molecule has 1 N–H and O–H groups in total. The van der Waals surface area contributed by atoms with E-state index in [9.17, 15) is 9.59 Å². The van der Waals surface area contributed by atoms with E-state index in [0.717, 1.165) is 35.5 Å². The number of nitrogens with zero attached hydrogens (tertiary/aromatic N) is 2. The van der Waals surface area contributed by atoms with Crippen LogP contribution in [-0.4, -0.2) is 55.0 Å².